The summed E-state index contributed by atoms with van der Waals surface area (Å²) in [6, 6.07) is 12.6. The molecule has 6 rings (SSSR count). The molecule has 2 N–H and O–H groups in total. The zero-order chi connectivity index (χ0) is 27.4. The molecule has 0 spiro atoms. The van der Waals surface area contributed by atoms with Crippen molar-refractivity contribution in [2.24, 2.45) is 0 Å². The minimum Gasteiger partial charge on any atom is -0.507 e. The third-order valence-corrected chi connectivity index (χ3v) is 7.78. The molecule has 198 valence electrons. The summed E-state index contributed by atoms with van der Waals surface area (Å²) in [6.07, 6.45) is 0.632. The smallest absolute Gasteiger partial charge is 0.301 e. The van der Waals surface area contributed by atoms with Gasteiger partial charge in [-0.25, -0.2) is 9.37 Å². The van der Waals surface area contributed by atoms with E-state index in [2.05, 4.69) is 4.98 Å². The number of amides is 1. The van der Waals surface area contributed by atoms with E-state index in [-0.39, 0.29) is 40.7 Å². The zero-order valence-corrected chi connectivity index (χ0v) is 21.8. The number of phenols is 1. The Morgan fingerprint density at radius 2 is 2.00 bits per heavy atom. The molecule has 1 fully saturated rings. The molecule has 1 saturated heterocycles. The SMILES string of the molecule is CCOc1cc([C@H]2C(=C(O)c3ccc4c(c3)C[C@@H](C)O4)C(=O)C(=O)N2c2nc3ccc(F)cc3s2)ccc1O. The molecule has 0 aliphatic carbocycles. The van der Waals surface area contributed by atoms with E-state index in [1.54, 1.807) is 31.2 Å². The van der Waals surface area contributed by atoms with Crippen LogP contribution in [-0.2, 0) is 16.0 Å². The third-order valence-electron chi connectivity index (χ3n) is 6.76. The van der Waals surface area contributed by atoms with Gasteiger partial charge in [-0.3, -0.25) is 14.5 Å². The summed E-state index contributed by atoms with van der Waals surface area (Å²) in [6.45, 7) is 3.98. The maximum Gasteiger partial charge on any atom is 0.301 e. The van der Waals surface area contributed by atoms with E-state index in [0.29, 0.717) is 33.5 Å². The summed E-state index contributed by atoms with van der Waals surface area (Å²) in [7, 11) is 0. The number of ketones is 1. The number of thiazole rings is 1. The van der Waals surface area contributed by atoms with E-state index < -0.39 is 23.5 Å². The predicted octanol–water partition coefficient (Wildman–Crippen LogP) is 5.49. The Morgan fingerprint density at radius 1 is 1.18 bits per heavy atom. The van der Waals surface area contributed by atoms with Crippen LogP contribution in [0, 0.1) is 5.82 Å². The molecule has 10 heteroatoms. The molecule has 0 unspecified atom stereocenters. The number of nitrogens with zero attached hydrogens (tertiary/aromatic N) is 2. The van der Waals surface area contributed by atoms with Crippen LogP contribution in [0.25, 0.3) is 16.0 Å². The maximum atomic E-state index is 13.9. The number of fused-ring (bicyclic) bond motifs is 2. The molecule has 2 aliphatic rings. The second-order valence-corrected chi connectivity index (χ2v) is 10.4. The highest BCUT2D eigenvalue weighted by molar-refractivity contribution is 7.22. The number of aromatic hydroxyl groups is 1. The van der Waals surface area contributed by atoms with Gasteiger partial charge in [0.25, 0.3) is 5.78 Å². The van der Waals surface area contributed by atoms with Gasteiger partial charge in [-0.15, -0.1) is 0 Å². The second kappa shape index (κ2) is 9.39. The monoisotopic (exact) mass is 546 g/mol. The number of rotatable bonds is 5. The van der Waals surface area contributed by atoms with Crippen LogP contribution in [0.3, 0.4) is 0 Å². The lowest BCUT2D eigenvalue weighted by Gasteiger charge is -2.23. The van der Waals surface area contributed by atoms with Gasteiger partial charge in [0.2, 0.25) is 0 Å². The zero-order valence-electron chi connectivity index (χ0n) is 21.0. The summed E-state index contributed by atoms with van der Waals surface area (Å²) in [5.41, 5.74) is 2.00. The van der Waals surface area contributed by atoms with Crippen molar-refractivity contribution in [1.29, 1.82) is 0 Å². The molecule has 2 aliphatic heterocycles. The predicted molar refractivity (Wildman–Crippen MR) is 144 cm³/mol. The van der Waals surface area contributed by atoms with Gasteiger partial charge < -0.3 is 19.7 Å². The number of phenolic OH excluding ortho intramolecular Hbond substituents is 1. The summed E-state index contributed by atoms with van der Waals surface area (Å²) in [4.78, 5) is 32.7. The number of Topliss-reactive ketones (excluding diaryl/α,β-unsaturated/α-hetero) is 1. The van der Waals surface area contributed by atoms with Crippen molar-refractivity contribution in [3.05, 3.63) is 82.7 Å². The average molecular weight is 547 g/mol. The number of anilines is 1. The fraction of sp³-hybridized carbons (Fsp3) is 0.207. The number of ether oxygens (including phenoxy) is 2. The molecular formula is C29H23FN2O6S. The minimum atomic E-state index is -1.08. The van der Waals surface area contributed by atoms with Crippen molar-refractivity contribution in [3.8, 4) is 17.2 Å². The summed E-state index contributed by atoms with van der Waals surface area (Å²) < 4.78 is 25.7. The molecule has 39 heavy (non-hydrogen) atoms. The van der Waals surface area contributed by atoms with Crippen LogP contribution in [0.4, 0.5) is 9.52 Å². The first-order valence-electron chi connectivity index (χ1n) is 12.4. The Labute approximate surface area is 226 Å². The van der Waals surface area contributed by atoms with Crippen molar-refractivity contribution in [1.82, 2.24) is 4.98 Å². The second-order valence-electron chi connectivity index (χ2n) is 9.39. The molecule has 3 heterocycles. The van der Waals surface area contributed by atoms with E-state index in [0.717, 1.165) is 16.9 Å². The largest absolute Gasteiger partial charge is 0.507 e. The molecular weight excluding hydrogens is 523 g/mol. The van der Waals surface area contributed by atoms with Crippen LogP contribution in [-0.4, -0.2) is 39.6 Å². The van der Waals surface area contributed by atoms with Crippen molar-refractivity contribution < 1.29 is 33.7 Å². The Morgan fingerprint density at radius 3 is 2.79 bits per heavy atom. The highest BCUT2D eigenvalue weighted by atomic mass is 32.1. The number of aromatic nitrogens is 1. The van der Waals surface area contributed by atoms with E-state index in [9.17, 15) is 24.2 Å². The first-order valence-corrected chi connectivity index (χ1v) is 13.2. The number of carbonyl (C=O) groups excluding carboxylic acids is 2. The molecule has 4 aromatic rings. The number of carbonyl (C=O) groups is 2. The minimum absolute atomic E-state index is 0.0131. The fourth-order valence-corrected chi connectivity index (χ4v) is 6.05. The van der Waals surface area contributed by atoms with Gasteiger partial charge in [0.1, 0.15) is 23.4 Å². The molecule has 2 atom stereocenters. The van der Waals surface area contributed by atoms with Crippen molar-refractivity contribution >= 4 is 44.1 Å². The van der Waals surface area contributed by atoms with Crippen LogP contribution >= 0.6 is 11.3 Å². The Hall–Kier alpha value is -4.44. The highest BCUT2D eigenvalue weighted by Crippen LogP contribution is 2.46. The topological polar surface area (TPSA) is 109 Å². The third kappa shape index (κ3) is 4.17. The standard InChI is InChI=1S/C29H23FN2O6S/c1-3-37-22-12-15(4-8-20(22)33)25-24(26(34)16-5-9-21-17(11-16)10-14(2)38-21)27(35)28(36)32(25)29-31-19-7-6-18(30)13-23(19)39-29/h4-9,11-14,25,33-34H,3,10H2,1-2H3/t14-,25+/m1/s1. The Kier molecular flexibility index (Phi) is 5.99. The maximum absolute atomic E-state index is 13.9. The van der Waals surface area contributed by atoms with E-state index in [1.807, 2.05) is 6.92 Å². The molecule has 0 bridgehead atoms. The lowest BCUT2D eigenvalue weighted by atomic mass is 9.94. The van der Waals surface area contributed by atoms with Crippen LogP contribution in [0.15, 0.2) is 60.2 Å². The fourth-order valence-electron chi connectivity index (χ4n) is 5.03. The summed E-state index contributed by atoms with van der Waals surface area (Å²) in [5.74, 6) is -1.81. The van der Waals surface area contributed by atoms with Crippen LogP contribution < -0.4 is 14.4 Å². The lowest BCUT2D eigenvalue weighted by Crippen LogP contribution is -2.29. The number of hydrogen-bond acceptors (Lipinski definition) is 8. The van der Waals surface area contributed by atoms with Gasteiger partial charge in [0.05, 0.1) is 28.4 Å². The Bertz CT molecular complexity index is 1700. The molecule has 1 aromatic heterocycles. The van der Waals surface area contributed by atoms with Gasteiger partial charge in [0, 0.05) is 12.0 Å². The quantitative estimate of drug-likeness (QED) is 0.194. The number of benzene rings is 3. The summed E-state index contributed by atoms with van der Waals surface area (Å²) in [5, 5.41) is 22.0. The molecule has 0 saturated carbocycles. The number of halogens is 1. The Balaban J connectivity index is 1.55. The molecule has 8 nitrogen and oxygen atoms in total. The normalized spacial score (nSPS) is 19.9. The molecule has 3 aromatic carbocycles. The van der Waals surface area contributed by atoms with Crippen molar-refractivity contribution in [2.45, 2.75) is 32.4 Å². The van der Waals surface area contributed by atoms with E-state index >= 15 is 0 Å². The number of aliphatic hydroxyl groups is 1. The van der Waals surface area contributed by atoms with E-state index in [4.69, 9.17) is 9.47 Å². The van der Waals surface area contributed by atoms with Crippen molar-refractivity contribution in [2.75, 3.05) is 11.5 Å². The first-order chi connectivity index (χ1) is 18.7. The average Bonchev–Trinajstić information content (AvgIpc) is 3.57. The van der Waals surface area contributed by atoms with Crippen LogP contribution in [0.5, 0.6) is 17.2 Å². The van der Waals surface area contributed by atoms with Gasteiger partial charge >= 0.3 is 5.91 Å². The van der Waals surface area contributed by atoms with Gasteiger partial charge in [-0.05, 0) is 73.5 Å². The van der Waals surface area contributed by atoms with Gasteiger partial charge in [-0.2, -0.15) is 0 Å². The first kappa shape index (κ1) is 24.9. The highest BCUT2D eigenvalue weighted by Gasteiger charge is 2.48. The van der Waals surface area contributed by atoms with Crippen LogP contribution in [0.1, 0.15) is 36.6 Å². The van der Waals surface area contributed by atoms with Crippen LogP contribution in [0.2, 0.25) is 0 Å². The van der Waals surface area contributed by atoms with Gasteiger partial charge in [-0.1, -0.05) is 17.4 Å². The molecule has 1 amide bonds. The summed E-state index contributed by atoms with van der Waals surface area (Å²) >= 11 is 1.06. The number of aliphatic hydroxyl groups excluding tert-OH is 1. The van der Waals surface area contributed by atoms with E-state index in [1.165, 1.54) is 35.2 Å². The molecule has 0 radical (unpaired) electrons. The number of hydrogen-bond donors (Lipinski definition) is 2. The lowest BCUT2D eigenvalue weighted by molar-refractivity contribution is -0.132. The van der Waals surface area contributed by atoms with Crippen molar-refractivity contribution in [3.63, 3.8) is 0 Å². The van der Waals surface area contributed by atoms with Gasteiger partial charge in [0.15, 0.2) is 16.6 Å².